The molecule has 0 spiro atoms. The molecule has 0 unspecified atom stereocenters. The SMILES string of the molecule is O=C(N[C@H]1CCCNC1)c1cn[nH]c1. The van der Waals surface area contributed by atoms with Gasteiger partial charge >= 0.3 is 0 Å². The van der Waals surface area contributed by atoms with Crippen molar-refractivity contribution in [3.8, 4) is 0 Å². The fourth-order valence-corrected chi connectivity index (χ4v) is 1.62. The highest BCUT2D eigenvalue weighted by atomic mass is 16.1. The first-order valence-electron chi connectivity index (χ1n) is 4.86. The molecule has 1 saturated heterocycles. The van der Waals surface area contributed by atoms with Crippen molar-refractivity contribution in [1.82, 2.24) is 20.8 Å². The monoisotopic (exact) mass is 194 g/mol. The summed E-state index contributed by atoms with van der Waals surface area (Å²) in [5, 5.41) is 12.6. The van der Waals surface area contributed by atoms with Gasteiger partial charge in [-0.15, -0.1) is 0 Å². The second-order valence-electron chi connectivity index (χ2n) is 3.50. The summed E-state index contributed by atoms with van der Waals surface area (Å²) in [6.45, 7) is 1.92. The lowest BCUT2D eigenvalue weighted by Crippen LogP contribution is -2.45. The standard InChI is InChI=1S/C9H14N4O/c14-9(7-4-11-12-5-7)13-8-2-1-3-10-6-8/h4-5,8,10H,1-3,6H2,(H,11,12)(H,13,14)/t8-/m0/s1. The van der Waals surface area contributed by atoms with Gasteiger partial charge in [0.15, 0.2) is 0 Å². The predicted molar refractivity (Wildman–Crippen MR) is 51.9 cm³/mol. The number of aromatic amines is 1. The largest absolute Gasteiger partial charge is 0.348 e. The lowest BCUT2D eigenvalue weighted by molar-refractivity contribution is 0.0931. The molecule has 0 radical (unpaired) electrons. The van der Waals surface area contributed by atoms with E-state index in [1.165, 1.54) is 6.20 Å². The van der Waals surface area contributed by atoms with Gasteiger partial charge < -0.3 is 10.6 Å². The molecular formula is C9H14N4O. The molecule has 1 atom stereocenters. The Balaban J connectivity index is 1.87. The fraction of sp³-hybridized carbons (Fsp3) is 0.556. The zero-order chi connectivity index (χ0) is 9.80. The average molecular weight is 194 g/mol. The summed E-state index contributed by atoms with van der Waals surface area (Å²) in [5.41, 5.74) is 0.593. The van der Waals surface area contributed by atoms with Crippen LogP contribution in [-0.2, 0) is 0 Å². The first-order chi connectivity index (χ1) is 6.86. The van der Waals surface area contributed by atoms with E-state index in [4.69, 9.17) is 0 Å². The molecule has 1 aliphatic rings. The number of amides is 1. The second kappa shape index (κ2) is 4.23. The summed E-state index contributed by atoms with van der Waals surface area (Å²) < 4.78 is 0. The van der Waals surface area contributed by atoms with Gasteiger partial charge in [-0.3, -0.25) is 9.89 Å². The van der Waals surface area contributed by atoms with E-state index in [9.17, 15) is 4.79 Å². The summed E-state index contributed by atoms with van der Waals surface area (Å²) in [4.78, 5) is 11.6. The highest BCUT2D eigenvalue weighted by Crippen LogP contribution is 2.02. The number of piperidine rings is 1. The van der Waals surface area contributed by atoms with E-state index < -0.39 is 0 Å². The van der Waals surface area contributed by atoms with Crippen LogP contribution in [0.3, 0.4) is 0 Å². The molecule has 0 bridgehead atoms. The van der Waals surface area contributed by atoms with Crippen molar-refractivity contribution in [3.05, 3.63) is 18.0 Å². The number of rotatable bonds is 2. The zero-order valence-electron chi connectivity index (χ0n) is 7.92. The highest BCUT2D eigenvalue weighted by molar-refractivity contribution is 5.93. The smallest absolute Gasteiger partial charge is 0.254 e. The van der Waals surface area contributed by atoms with Gasteiger partial charge in [0, 0.05) is 18.8 Å². The summed E-state index contributed by atoms with van der Waals surface area (Å²) in [5.74, 6) is -0.0487. The summed E-state index contributed by atoms with van der Waals surface area (Å²) in [7, 11) is 0. The van der Waals surface area contributed by atoms with Gasteiger partial charge in [0.05, 0.1) is 11.8 Å². The van der Waals surface area contributed by atoms with Crippen LogP contribution in [0, 0.1) is 0 Å². The van der Waals surface area contributed by atoms with Crippen molar-refractivity contribution < 1.29 is 4.79 Å². The van der Waals surface area contributed by atoms with E-state index in [2.05, 4.69) is 20.8 Å². The Kier molecular flexibility index (Phi) is 2.78. The van der Waals surface area contributed by atoms with Crippen LogP contribution < -0.4 is 10.6 Å². The Labute approximate surface area is 82.3 Å². The minimum absolute atomic E-state index is 0.0487. The number of nitrogens with zero attached hydrogens (tertiary/aromatic N) is 1. The molecule has 2 rings (SSSR count). The molecule has 1 aliphatic heterocycles. The van der Waals surface area contributed by atoms with E-state index in [1.54, 1.807) is 6.20 Å². The van der Waals surface area contributed by atoms with Crippen molar-refractivity contribution in [2.45, 2.75) is 18.9 Å². The molecular weight excluding hydrogens is 180 g/mol. The average Bonchev–Trinajstić information content (AvgIpc) is 2.72. The number of nitrogens with one attached hydrogen (secondary N) is 3. The fourth-order valence-electron chi connectivity index (χ4n) is 1.62. The molecule has 1 aromatic heterocycles. The predicted octanol–water partition coefficient (Wildman–Crippen LogP) is -0.108. The normalized spacial score (nSPS) is 21.9. The maximum atomic E-state index is 11.6. The Morgan fingerprint density at radius 1 is 1.64 bits per heavy atom. The van der Waals surface area contributed by atoms with Crippen LogP contribution in [0.5, 0.6) is 0 Å². The van der Waals surface area contributed by atoms with Gasteiger partial charge in [0.2, 0.25) is 0 Å². The van der Waals surface area contributed by atoms with Gasteiger partial charge in [-0.1, -0.05) is 0 Å². The molecule has 0 aliphatic carbocycles. The van der Waals surface area contributed by atoms with Crippen LogP contribution in [0.4, 0.5) is 0 Å². The molecule has 76 valence electrons. The third-order valence-electron chi connectivity index (χ3n) is 2.39. The molecule has 0 saturated carbocycles. The van der Waals surface area contributed by atoms with Crippen LogP contribution in [0.25, 0.3) is 0 Å². The van der Waals surface area contributed by atoms with Gasteiger partial charge in [0.1, 0.15) is 0 Å². The highest BCUT2D eigenvalue weighted by Gasteiger charge is 2.16. The Bertz CT molecular complexity index is 290. The third-order valence-corrected chi connectivity index (χ3v) is 2.39. The molecule has 1 aromatic rings. The molecule has 1 fully saturated rings. The molecule has 5 heteroatoms. The number of H-pyrrole nitrogens is 1. The van der Waals surface area contributed by atoms with E-state index in [1.807, 2.05) is 0 Å². The minimum atomic E-state index is -0.0487. The molecule has 2 heterocycles. The molecule has 3 N–H and O–H groups in total. The van der Waals surface area contributed by atoms with Crippen LogP contribution in [0.1, 0.15) is 23.2 Å². The Morgan fingerprint density at radius 2 is 2.57 bits per heavy atom. The van der Waals surface area contributed by atoms with E-state index in [0.717, 1.165) is 25.9 Å². The lowest BCUT2D eigenvalue weighted by Gasteiger charge is -2.23. The lowest BCUT2D eigenvalue weighted by atomic mass is 10.1. The van der Waals surface area contributed by atoms with Crippen molar-refractivity contribution in [2.24, 2.45) is 0 Å². The van der Waals surface area contributed by atoms with Gasteiger partial charge in [-0.25, -0.2) is 0 Å². The van der Waals surface area contributed by atoms with Crippen LogP contribution >= 0.6 is 0 Å². The van der Waals surface area contributed by atoms with Crippen molar-refractivity contribution in [2.75, 3.05) is 13.1 Å². The quantitative estimate of drug-likeness (QED) is 0.615. The van der Waals surface area contributed by atoms with Crippen LogP contribution in [-0.4, -0.2) is 35.2 Å². The van der Waals surface area contributed by atoms with E-state index in [0.29, 0.717) is 5.56 Å². The number of hydrogen-bond acceptors (Lipinski definition) is 3. The van der Waals surface area contributed by atoms with Crippen molar-refractivity contribution in [1.29, 1.82) is 0 Å². The topological polar surface area (TPSA) is 69.8 Å². The van der Waals surface area contributed by atoms with E-state index in [-0.39, 0.29) is 11.9 Å². The van der Waals surface area contributed by atoms with Gasteiger partial charge in [0.25, 0.3) is 5.91 Å². The van der Waals surface area contributed by atoms with Crippen LogP contribution in [0.2, 0.25) is 0 Å². The zero-order valence-corrected chi connectivity index (χ0v) is 7.92. The Morgan fingerprint density at radius 3 is 3.21 bits per heavy atom. The second-order valence-corrected chi connectivity index (χ2v) is 3.50. The molecule has 14 heavy (non-hydrogen) atoms. The van der Waals surface area contributed by atoms with E-state index >= 15 is 0 Å². The maximum Gasteiger partial charge on any atom is 0.254 e. The number of aromatic nitrogens is 2. The van der Waals surface area contributed by atoms with Crippen molar-refractivity contribution >= 4 is 5.91 Å². The molecule has 5 nitrogen and oxygen atoms in total. The summed E-state index contributed by atoms with van der Waals surface area (Å²) in [6, 6.07) is 0.256. The number of hydrogen-bond donors (Lipinski definition) is 3. The summed E-state index contributed by atoms with van der Waals surface area (Å²) in [6.07, 6.45) is 5.31. The first-order valence-corrected chi connectivity index (χ1v) is 4.86. The van der Waals surface area contributed by atoms with Gasteiger partial charge in [-0.05, 0) is 19.4 Å². The Hall–Kier alpha value is -1.36. The minimum Gasteiger partial charge on any atom is -0.348 e. The first kappa shape index (κ1) is 9.21. The summed E-state index contributed by atoms with van der Waals surface area (Å²) >= 11 is 0. The van der Waals surface area contributed by atoms with Crippen molar-refractivity contribution in [3.63, 3.8) is 0 Å². The van der Waals surface area contributed by atoms with Gasteiger partial charge in [-0.2, -0.15) is 5.10 Å². The number of carbonyl (C=O) groups excluding carboxylic acids is 1. The third kappa shape index (κ3) is 2.11. The maximum absolute atomic E-state index is 11.6. The molecule has 1 amide bonds. The number of carbonyl (C=O) groups is 1. The van der Waals surface area contributed by atoms with Crippen LogP contribution in [0.15, 0.2) is 12.4 Å². The molecule has 0 aromatic carbocycles.